The minimum Gasteiger partial charge on any atom is -0.272 e. The number of aromatic amines is 1. The number of halogens is 2. The van der Waals surface area contributed by atoms with E-state index in [1.165, 1.54) is 23.3 Å². The van der Waals surface area contributed by atoms with Gasteiger partial charge in [-0.3, -0.25) is 9.89 Å². The maximum Gasteiger partial charge on any atom is 0.290 e. The van der Waals surface area contributed by atoms with Crippen LogP contribution < -0.4 is 5.43 Å². The smallest absolute Gasteiger partial charge is 0.272 e. The van der Waals surface area contributed by atoms with Crippen LogP contribution in [0.2, 0.25) is 0 Å². The number of hydrogen-bond acceptors (Lipinski definition) is 4. The Kier molecular flexibility index (Phi) is 4.05. The van der Waals surface area contributed by atoms with E-state index in [1.807, 2.05) is 0 Å². The Morgan fingerprint density at radius 2 is 2.47 bits per heavy atom. The molecule has 0 spiro atoms. The van der Waals surface area contributed by atoms with Crippen LogP contribution in [-0.2, 0) is 6.54 Å². The van der Waals surface area contributed by atoms with Crippen molar-refractivity contribution >= 4 is 28.1 Å². The van der Waals surface area contributed by atoms with Crippen molar-refractivity contribution in [2.75, 3.05) is 0 Å². The van der Waals surface area contributed by atoms with Gasteiger partial charge in [-0.05, 0) is 22.9 Å². The Bertz CT molecular complexity index is 619. The lowest BCUT2D eigenvalue weighted by molar-refractivity contribution is 0.0949. The highest BCUT2D eigenvalue weighted by Gasteiger charge is 2.11. The second-order valence-corrected chi connectivity index (χ2v) is 4.35. The van der Waals surface area contributed by atoms with E-state index < -0.39 is 11.9 Å². The van der Waals surface area contributed by atoms with Gasteiger partial charge in [0.05, 0.1) is 28.6 Å². The van der Waals surface area contributed by atoms with Gasteiger partial charge in [0.15, 0.2) is 0 Å². The highest BCUT2D eigenvalue weighted by atomic mass is 79.9. The molecule has 0 unspecified atom stereocenters. The number of aryl methyl sites for hydroxylation is 1. The van der Waals surface area contributed by atoms with Crippen molar-refractivity contribution in [2.45, 2.75) is 13.5 Å². The topological polar surface area (TPSA) is 88.0 Å². The molecule has 0 saturated heterocycles. The van der Waals surface area contributed by atoms with Gasteiger partial charge in [0.1, 0.15) is 5.69 Å². The number of nitrogens with zero attached hydrogens (tertiary/aromatic N) is 4. The van der Waals surface area contributed by atoms with E-state index in [1.54, 1.807) is 6.92 Å². The molecule has 2 aromatic rings. The summed E-state index contributed by atoms with van der Waals surface area (Å²) in [5.41, 5.74) is 2.69. The Labute approximate surface area is 116 Å². The molecule has 0 atom stereocenters. The lowest BCUT2D eigenvalue weighted by atomic mass is 10.4. The molecule has 0 fully saturated rings. The standard InChI is InChI=1S/C10H10BrFN6O/c1-2-18-9(12)6(4-15-18)3-13-17-10(19)8-7(11)5-14-16-8/h3-5H,2H2,1H3,(H,14,16)(H,17,19). The van der Waals surface area contributed by atoms with Crippen LogP contribution in [0.4, 0.5) is 4.39 Å². The van der Waals surface area contributed by atoms with Gasteiger partial charge in [0.2, 0.25) is 5.95 Å². The lowest BCUT2D eigenvalue weighted by Crippen LogP contribution is -2.18. The Hall–Kier alpha value is -2.03. The average molecular weight is 329 g/mol. The van der Waals surface area contributed by atoms with E-state index in [9.17, 15) is 9.18 Å². The predicted molar refractivity (Wildman–Crippen MR) is 69.2 cm³/mol. The first-order valence-electron chi connectivity index (χ1n) is 5.37. The highest BCUT2D eigenvalue weighted by Crippen LogP contribution is 2.11. The summed E-state index contributed by atoms with van der Waals surface area (Å²) in [4.78, 5) is 11.6. The van der Waals surface area contributed by atoms with Crippen molar-refractivity contribution in [1.29, 1.82) is 0 Å². The van der Waals surface area contributed by atoms with Crippen molar-refractivity contribution in [3.8, 4) is 0 Å². The zero-order chi connectivity index (χ0) is 13.8. The number of rotatable bonds is 4. The number of carbonyl (C=O) groups is 1. The highest BCUT2D eigenvalue weighted by molar-refractivity contribution is 9.10. The third-order valence-electron chi connectivity index (χ3n) is 2.29. The van der Waals surface area contributed by atoms with E-state index in [2.05, 4.69) is 41.8 Å². The summed E-state index contributed by atoms with van der Waals surface area (Å²) in [6.45, 7) is 2.20. The van der Waals surface area contributed by atoms with Crippen molar-refractivity contribution < 1.29 is 9.18 Å². The molecule has 0 aliphatic heterocycles. The second kappa shape index (κ2) is 5.74. The first kappa shape index (κ1) is 13.4. The summed E-state index contributed by atoms with van der Waals surface area (Å²) < 4.78 is 15.3. The fraction of sp³-hybridized carbons (Fsp3) is 0.200. The maximum atomic E-state index is 13.6. The Morgan fingerprint density at radius 1 is 1.68 bits per heavy atom. The molecule has 2 rings (SSSR count). The molecule has 2 aromatic heterocycles. The molecule has 9 heteroatoms. The molecule has 0 radical (unpaired) electrons. The van der Waals surface area contributed by atoms with E-state index in [4.69, 9.17) is 0 Å². The van der Waals surface area contributed by atoms with Crippen molar-refractivity contribution in [2.24, 2.45) is 5.10 Å². The van der Waals surface area contributed by atoms with Crippen LogP contribution >= 0.6 is 15.9 Å². The second-order valence-electron chi connectivity index (χ2n) is 3.50. The van der Waals surface area contributed by atoms with Gasteiger partial charge in [0, 0.05) is 6.54 Å². The molecule has 100 valence electrons. The largest absolute Gasteiger partial charge is 0.290 e. The lowest BCUT2D eigenvalue weighted by Gasteiger charge is -1.96. The summed E-state index contributed by atoms with van der Waals surface area (Å²) in [6, 6.07) is 0. The molecule has 1 amide bonds. The van der Waals surface area contributed by atoms with Gasteiger partial charge in [-0.1, -0.05) is 0 Å². The number of H-pyrrole nitrogens is 1. The third-order valence-corrected chi connectivity index (χ3v) is 2.89. The van der Waals surface area contributed by atoms with Gasteiger partial charge < -0.3 is 0 Å². The number of hydrogen-bond donors (Lipinski definition) is 2. The molecular formula is C10H10BrFN6O. The van der Waals surface area contributed by atoms with Crippen molar-refractivity contribution in [1.82, 2.24) is 25.4 Å². The molecule has 7 nitrogen and oxygen atoms in total. The van der Waals surface area contributed by atoms with E-state index in [0.717, 1.165) is 0 Å². The van der Waals surface area contributed by atoms with Gasteiger partial charge in [-0.25, -0.2) is 10.1 Å². The first-order chi connectivity index (χ1) is 9.13. The summed E-state index contributed by atoms with van der Waals surface area (Å²) in [7, 11) is 0. The minimum absolute atomic E-state index is 0.200. The summed E-state index contributed by atoms with van der Waals surface area (Å²) >= 11 is 3.15. The van der Waals surface area contributed by atoms with Crippen molar-refractivity contribution in [3.05, 3.63) is 34.1 Å². The SMILES string of the molecule is CCn1ncc(C=NNC(=O)c2[nH]ncc2Br)c1F. The molecule has 0 saturated carbocycles. The number of aromatic nitrogens is 4. The van der Waals surface area contributed by atoms with Crippen molar-refractivity contribution in [3.63, 3.8) is 0 Å². The molecule has 2 N–H and O–H groups in total. The fourth-order valence-corrected chi connectivity index (χ4v) is 1.71. The van der Waals surface area contributed by atoms with Crippen LogP contribution in [0.3, 0.4) is 0 Å². The van der Waals surface area contributed by atoms with Gasteiger partial charge in [-0.15, -0.1) is 0 Å². The minimum atomic E-state index is -0.497. The molecule has 0 bridgehead atoms. The fourth-order valence-electron chi connectivity index (χ4n) is 1.34. The van der Waals surface area contributed by atoms with Crippen LogP contribution in [0.1, 0.15) is 23.0 Å². The molecule has 0 aliphatic carbocycles. The van der Waals surface area contributed by atoms with Crippen LogP contribution in [0, 0.1) is 5.95 Å². The average Bonchev–Trinajstić information content (AvgIpc) is 2.96. The number of amides is 1. The maximum absolute atomic E-state index is 13.6. The summed E-state index contributed by atoms with van der Waals surface area (Å²) in [5, 5.41) is 13.7. The van der Waals surface area contributed by atoms with Crippen LogP contribution in [-0.4, -0.2) is 32.1 Å². The van der Waals surface area contributed by atoms with Gasteiger partial charge in [-0.2, -0.15) is 19.7 Å². The van der Waals surface area contributed by atoms with Gasteiger partial charge >= 0.3 is 0 Å². The normalized spacial score (nSPS) is 11.1. The monoisotopic (exact) mass is 328 g/mol. The number of hydrazone groups is 1. The molecule has 0 aliphatic rings. The summed E-state index contributed by atoms with van der Waals surface area (Å²) in [5.74, 6) is -0.980. The van der Waals surface area contributed by atoms with Crippen LogP contribution in [0.5, 0.6) is 0 Å². The Balaban J connectivity index is 2.02. The Morgan fingerprint density at radius 3 is 3.05 bits per heavy atom. The first-order valence-corrected chi connectivity index (χ1v) is 6.16. The third kappa shape index (κ3) is 2.87. The summed E-state index contributed by atoms with van der Waals surface area (Å²) in [6.07, 6.45) is 3.97. The predicted octanol–water partition coefficient (Wildman–Crippen LogP) is 1.29. The quantitative estimate of drug-likeness (QED) is 0.654. The zero-order valence-corrected chi connectivity index (χ0v) is 11.5. The molecule has 19 heavy (non-hydrogen) atoms. The zero-order valence-electron chi connectivity index (χ0n) is 9.89. The van der Waals surface area contributed by atoms with E-state index in [0.29, 0.717) is 11.0 Å². The van der Waals surface area contributed by atoms with E-state index in [-0.39, 0.29) is 11.3 Å². The van der Waals surface area contributed by atoms with Gasteiger partial charge in [0.25, 0.3) is 5.91 Å². The van der Waals surface area contributed by atoms with Crippen LogP contribution in [0.25, 0.3) is 0 Å². The molecule has 2 heterocycles. The molecular weight excluding hydrogens is 319 g/mol. The number of nitrogens with one attached hydrogen (secondary N) is 2. The molecule has 0 aromatic carbocycles. The number of carbonyl (C=O) groups excluding carboxylic acids is 1. The van der Waals surface area contributed by atoms with E-state index >= 15 is 0 Å². The van der Waals surface area contributed by atoms with Crippen LogP contribution in [0.15, 0.2) is 22.0 Å².